The lowest BCUT2D eigenvalue weighted by atomic mass is 10.3. The van der Waals surface area contributed by atoms with Crippen molar-refractivity contribution in [3.05, 3.63) is 17.0 Å². The van der Waals surface area contributed by atoms with Crippen LogP contribution in [0.15, 0.2) is 15.7 Å². The number of ether oxygens (including phenoxy) is 1. The van der Waals surface area contributed by atoms with Crippen LogP contribution in [-0.4, -0.2) is 34.2 Å². The minimum absolute atomic E-state index is 0.322. The first kappa shape index (κ1) is 16.9. The van der Waals surface area contributed by atoms with Gasteiger partial charge in [0.1, 0.15) is 4.21 Å². The molecule has 7 heteroatoms. The molecule has 0 radical (unpaired) electrons. The Hall–Kier alpha value is -0.470. The Kier molecular flexibility index (Phi) is 6.63. The molecule has 1 aromatic rings. The molecular weight excluding hydrogens is 308 g/mol. The second kappa shape index (κ2) is 8.24. The van der Waals surface area contributed by atoms with E-state index >= 15 is 0 Å². The molecule has 1 heterocycles. The van der Waals surface area contributed by atoms with Gasteiger partial charge in [0.15, 0.2) is 0 Å². The molecule has 0 spiro atoms. The van der Waals surface area contributed by atoms with E-state index in [0.717, 1.165) is 24.9 Å². The van der Waals surface area contributed by atoms with E-state index in [4.69, 9.17) is 4.74 Å². The van der Waals surface area contributed by atoms with E-state index < -0.39 is 10.0 Å². The van der Waals surface area contributed by atoms with Crippen LogP contribution in [0.3, 0.4) is 0 Å². The molecule has 5 nitrogen and oxygen atoms in total. The lowest BCUT2D eigenvalue weighted by molar-refractivity contribution is 0.0626. The summed E-state index contributed by atoms with van der Waals surface area (Å²) >= 11 is 1.26. The largest absolute Gasteiger partial charge is 0.377 e. The van der Waals surface area contributed by atoms with Gasteiger partial charge < -0.3 is 10.1 Å². The Bertz CT molecular complexity index is 522. The van der Waals surface area contributed by atoms with Gasteiger partial charge in [-0.05, 0) is 36.4 Å². The molecule has 0 aliphatic heterocycles. The summed E-state index contributed by atoms with van der Waals surface area (Å²) in [6, 6.07) is 1.73. The van der Waals surface area contributed by atoms with Crippen molar-refractivity contribution in [3.8, 4) is 0 Å². The van der Waals surface area contributed by atoms with Gasteiger partial charge >= 0.3 is 0 Å². The summed E-state index contributed by atoms with van der Waals surface area (Å²) in [6.07, 6.45) is 4.97. The summed E-state index contributed by atoms with van der Waals surface area (Å²) in [4.78, 5) is 0. The fourth-order valence-electron chi connectivity index (χ4n) is 2.38. The third kappa shape index (κ3) is 5.34. The van der Waals surface area contributed by atoms with Crippen molar-refractivity contribution in [3.63, 3.8) is 0 Å². The van der Waals surface area contributed by atoms with Gasteiger partial charge in [-0.2, -0.15) is 0 Å². The molecule has 1 saturated carbocycles. The first-order valence-corrected chi connectivity index (χ1v) is 9.87. The predicted molar refractivity (Wildman–Crippen MR) is 85.1 cm³/mol. The van der Waals surface area contributed by atoms with Crippen LogP contribution in [0.4, 0.5) is 0 Å². The van der Waals surface area contributed by atoms with Crippen molar-refractivity contribution in [2.45, 2.75) is 49.5 Å². The van der Waals surface area contributed by atoms with Gasteiger partial charge in [0.05, 0.1) is 12.7 Å². The maximum atomic E-state index is 12.1. The zero-order valence-corrected chi connectivity index (χ0v) is 14.1. The summed E-state index contributed by atoms with van der Waals surface area (Å²) in [6.45, 7) is 4.37. The van der Waals surface area contributed by atoms with Gasteiger partial charge in [-0.15, -0.1) is 11.3 Å². The average Bonchev–Trinajstić information content (AvgIpc) is 3.13. The van der Waals surface area contributed by atoms with Crippen molar-refractivity contribution in [1.29, 1.82) is 0 Å². The molecule has 120 valence electrons. The summed E-state index contributed by atoms with van der Waals surface area (Å²) in [5.74, 6) is 0. The van der Waals surface area contributed by atoms with Gasteiger partial charge in [-0.25, -0.2) is 13.1 Å². The highest BCUT2D eigenvalue weighted by atomic mass is 32.2. The van der Waals surface area contributed by atoms with E-state index in [0.29, 0.717) is 30.0 Å². The van der Waals surface area contributed by atoms with Crippen molar-refractivity contribution in [1.82, 2.24) is 10.0 Å². The number of hydrogen-bond donors (Lipinski definition) is 2. The van der Waals surface area contributed by atoms with Crippen LogP contribution in [-0.2, 0) is 21.3 Å². The van der Waals surface area contributed by atoms with E-state index in [1.54, 1.807) is 6.07 Å². The summed E-state index contributed by atoms with van der Waals surface area (Å²) in [5.41, 5.74) is 1.00. The van der Waals surface area contributed by atoms with Crippen LogP contribution >= 0.6 is 11.3 Å². The highest BCUT2D eigenvalue weighted by Crippen LogP contribution is 2.21. The molecule has 2 rings (SSSR count). The molecule has 0 atom stereocenters. The first-order chi connectivity index (χ1) is 10.1. The SMILES string of the molecule is CCNCc1csc(S(=O)(=O)NCCOC2CCCC2)c1. The van der Waals surface area contributed by atoms with Gasteiger partial charge in [0.25, 0.3) is 0 Å². The quantitative estimate of drug-likeness (QED) is 0.680. The van der Waals surface area contributed by atoms with Crippen LogP contribution in [0.25, 0.3) is 0 Å². The second-order valence-corrected chi connectivity index (χ2v) is 8.13. The van der Waals surface area contributed by atoms with E-state index in [9.17, 15) is 8.42 Å². The van der Waals surface area contributed by atoms with Crippen molar-refractivity contribution < 1.29 is 13.2 Å². The van der Waals surface area contributed by atoms with E-state index in [-0.39, 0.29) is 0 Å². The van der Waals surface area contributed by atoms with Gasteiger partial charge in [-0.3, -0.25) is 0 Å². The Labute approximate surface area is 131 Å². The smallest absolute Gasteiger partial charge is 0.250 e. The maximum Gasteiger partial charge on any atom is 0.250 e. The lowest BCUT2D eigenvalue weighted by Gasteiger charge is -2.11. The molecule has 0 aromatic carbocycles. The normalized spacial score (nSPS) is 16.6. The molecule has 1 aliphatic rings. The van der Waals surface area contributed by atoms with Crippen LogP contribution in [0.2, 0.25) is 0 Å². The molecule has 0 bridgehead atoms. The maximum absolute atomic E-state index is 12.1. The zero-order chi connectivity index (χ0) is 15.1. The molecule has 21 heavy (non-hydrogen) atoms. The third-order valence-corrected chi connectivity index (χ3v) is 6.47. The number of thiophene rings is 1. The first-order valence-electron chi connectivity index (χ1n) is 7.51. The predicted octanol–water partition coefficient (Wildman–Crippen LogP) is 2.10. The highest BCUT2D eigenvalue weighted by molar-refractivity contribution is 7.91. The molecule has 0 saturated heterocycles. The van der Waals surface area contributed by atoms with E-state index in [2.05, 4.69) is 10.0 Å². The van der Waals surface area contributed by atoms with Crippen LogP contribution in [0.5, 0.6) is 0 Å². The molecule has 1 aromatic heterocycles. The van der Waals surface area contributed by atoms with Crippen molar-refractivity contribution >= 4 is 21.4 Å². The number of hydrogen-bond acceptors (Lipinski definition) is 5. The minimum Gasteiger partial charge on any atom is -0.377 e. The van der Waals surface area contributed by atoms with Crippen LogP contribution < -0.4 is 10.0 Å². The fraction of sp³-hybridized carbons (Fsp3) is 0.714. The topological polar surface area (TPSA) is 67.4 Å². The number of sulfonamides is 1. The highest BCUT2D eigenvalue weighted by Gasteiger charge is 2.18. The Morgan fingerprint density at radius 3 is 2.86 bits per heavy atom. The molecular formula is C14H24N2O3S2. The Morgan fingerprint density at radius 1 is 1.38 bits per heavy atom. The Morgan fingerprint density at radius 2 is 2.14 bits per heavy atom. The number of nitrogens with one attached hydrogen (secondary N) is 2. The van der Waals surface area contributed by atoms with Crippen molar-refractivity contribution in [2.75, 3.05) is 19.7 Å². The van der Waals surface area contributed by atoms with E-state index in [1.165, 1.54) is 24.2 Å². The average molecular weight is 332 g/mol. The van der Waals surface area contributed by atoms with Gasteiger partial charge in [0.2, 0.25) is 10.0 Å². The van der Waals surface area contributed by atoms with Crippen LogP contribution in [0.1, 0.15) is 38.2 Å². The monoisotopic (exact) mass is 332 g/mol. The lowest BCUT2D eigenvalue weighted by Crippen LogP contribution is -2.28. The van der Waals surface area contributed by atoms with Crippen molar-refractivity contribution in [2.24, 2.45) is 0 Å². The van der Waals surface area contributed by atoms with E-state index in [1.807, 2.05) is 12.3 Å². The number of rotatable bonds is 9. The van der Waals surface area contributed by atoms with Crippen LogP contribution in [0, 0.1) is 0 Å². The zero-order valence-electron chi connectivity index (χ0n) is 12.4. The molecule has 1 aliphatic carbocycles. The summed E-state index contributed by atoms with van der Waals surface area (Å²) in [7, 11) is -3.40. The summed E-state index contributed by atoms with van der Waals surface area (Å²) in [5, 5.41) is 5.07. The standard InChI is InChI=1S/C14H24N2O3S2/c1-2-15-10-12-9-14(20-11-12)21(17,18)16-7-8-19-13-5-3-4-6-13/h9,11,13,15-16H,2-8,10H2,1H3. The summed E-state index contributed by atoms with van der Waals surface area (Å²) < 4.78 is 32.9. The second-order valence-electron chi connectivity index (χ2n) is 5.23. The molecule has 0 unspecified atom stereocenters. The molecule has 2 N–H and O–H groups in total. The fourth-order valence-corrected chi connectivity index (χ4v) is 4.65. The molecule has 0 amide bonds. The van der Waals surface area contributed by atoms with Gasteiger partial charge in [-0.1, -0.05) is 19.8 Å². The minimum atomic E-state index is -3.40. The molecule has 1 fully saturated rings. The third-order valence-electron chi connectivity index (χ3n) is 3.52. The Balaban J connectivity index is 1.76. The van der Waals surface area contributed by atoms with Gasteiger partial charge in [0, 0.05) is 13.1 Å².